The molecule has 3 nitrogen and oxygen atoms in total. The largest absolute Gasteiger partial charge is 1.00 e. The van der Waals surface area contributed by atoms with E-state index in [0.29, 0.717) is 24.2 Å². The summed E-state index contributed by atoms with van der Waals surface area (Å²) in [6, 6.07) is 2.15. The number of hydrogen-bond acceptors (Lipinski definition) is 2. The summed E-state index contributed by atoms with van der Waals surface area (Å²) in [5, 5.41) is 3.99. The topological polar surface area (TPSA) is 27.1 Å². The Morgan fingerprint density at radius 1 is 1.29 bits per heavy atom. The van der Waals surface area contributed by atoms with Crippen LogP contribution < -0.4 is 61.6 Å². The number of rotatable bonds is 5. The second-order valence-electron chi connectivity index (χ2n) is 4.26. The summed E-state index contributed by atoms with van der Waals surface area (Å²) in [6.07, 6.45) is 3.22. The Labute approximate surface area is 162 Å². The van der Waals surface area contributed by atoms with Gasteiger partial charge in [-0.15, -0.1) is 5.46 Å². The van der Waals surface area contributed by atoms with E-state index in [4.69, 9.17) is 4.74 Å². The first-order chi connectivity index (χ1) is 9.40. The zero-order chi connectivity index (χ0) is 14.8. The fraction of sp³-hybridized carbons (Fsp3) is 0.250. The van der Waals surface area contributed by atoms with Gasteiger partial charge in [0.05, 0.1) is 6.20 Å². The molecule has 0 unspecified atom stereocenters. The van der Waals surface area contributed by atoms with Crippen molar-refractivity contribution in [2.45, 2.75) is 20.1 Å². The number of aromatic nitrogens is 2. The van der Waals surface area contributed by atoms with Crippen LogP contribution in [0, 0.1) is 5.82 Å². The Morgan fingerprint density at radius 3 is 2.57 bits per heavy atom. The van der Waals surface area contributed by atoms with Crippen molar-refractivity contribution in [2.24, 2.45) is 0 Å². The van der Waals surface area contributed by atoms with Gasteiger partial charge in [-0.2, -0.15) is 5.10 Å². The Morgan fingerprint density at radius 2 is 2.00 bits per heavy atom. The first kappa shape index (κ1) is 18.7. The molecule has 0 N–H and O–H groups in total. The van der Waals surface area contributed by atoms with E-state index < -0.39 is 24.0 Å². The van der Waals surface area contributed by atoms with Crippen LogP contribution in [0.4, 0.5) is 17.3 Å². The summed E-state index contributed by atoms with van der Waals surface area (Å²) in [6.45, 7) is -2.65. The molecule has 2 aromatic rings. The fourth-order valence-electron chi connectivity index (χ4n) is 1.65. The van der Waals surface area contributed by atoms with E-state index in [2.05, 4.69) is 5.10 Å². The summed E-state index contributed by atoms with van der Waals surface area (Å²) in [5.74, 6) is -1.23. The van der Waals surface area contributed by atoms with E-state index in [-0.39, 0.29) is 58.0 Å². The van der Waals surface area contributed by atoms with Crippen molar-refractivity contribution >= 4 is 12.4 Å². The minimum Gasteiger partial charge on any atom is -0.486 e. The fourth-order valence-corrected chi connectivity index (χ4v) is 1.65. The van der Waals surface area contributed by atoms with Crippen LogP contribution in [-0.2, 0) is 13.2 Å². The zero-order valence-corrected chi connectivity index (χ0v) is 14.8. The predicted octanol–water partition coefficient (Wildman–Crippen LogP) is -0.321. The first-order valence-electron chi connectivity index (χ1n) is 6.03. The molecule has 0 saturated heterocycles. The van der Waals surface area contributed by atoms with E-state index in [1.165, 1.54) is 6.20 Å². The molecule has 0 saturated carbocycles. The number of hydrogen-bond donors (Lipinski definition) is 0. The molecule has 2 rings (SSSR count). The molecule has 108 valence electrons. The number of halogens is 4. The molecule has 1 aromatic carbocycles. The molecule has 0 bridgehead atoms. The smallest absolute Gasteiger partial charge is 0.486 e. The quantitative estimate of drug-likeness (QED) is 0.556. The zero-order valence-electron chi connectivity index (χ0n) is 11.7. The van der Waals surface area contributed by atoms with Crippen LogP contribution in [-0.4, -0.2) is 16.8 Å². The van der Waals surface area contributed by atoms with Gasteiger partial charge in [0.2, 0.25) is 0 Å². The van der Waals surface area contributed by atoms with Crippen LogP contribution in [0.1, 0.15) is 12.5 Å². The normalized spacial score (nSPS) is 11.1. The molecule has 0 aliphatic heterocycles. The molecule has 1 aromatic heterocycles. The second-order valence-corrected chi connectivity index (χ2v) is 4.26. The van der Waals surface area contributed by atoms with E-state index in [0.717, 1.165) is 6.07 Å². The Balaban J connectivity index is 0.00000220. The summed E-state index contributed by atoms with van der Waals surface area (Å²) in [7, 11) is 0. The van der Waals surface area contributed by atoms with Gasteiger partial charge in [0, 0.05) is 18.3 Å². The summed E-state index contributed by atoms with van der Waals surface area (Å²) in [5.41, 5.74) is -0.222. The summed E-state index contributed by atoms with van der Waals surface area (Å²) < 4.78 is 57.9. The maximum Gasteiger partial charge on any atom is 1.00 e. The molecule has 1 heterocycles. The molecule has 9 heteroatoms. The van der Waals surface area contributed by atoms with Crippen molar-refractivity contribution in [3.05, 3.63) is 42.0 Å². The van der Waals surface area contributed by atoms with Crippen LogP contribution in [0.2, 0.25) is 0 Å². The van der Waals surface area contributed by atoms with Crippen molar-refractivity contribution in [3.63, 3.8) is 0 Å². The minimum absolute atomic E-state index is 0. The molecular formula is C12H12BF4KN2O. The molecule has 0 amide bonds. The predicted molar refractivity (Wildman–Crippen MR) is 67.3 cm³/mol. The summed E-state index contributed by atoms with van der Waals surface area (Å²) in [4.78, 5) is 0. The van der Waals surface area contributed by atoms with Crippen molar-refractivity contribution in [2.75, 3.05) is 0 Å². The molecular weight excluding hydrogens is 314 g/mol. The van der Waals surface area contributed by atoms with Crippen molar-refractivity contribution < 1.29 is 73.5 Å². The van der Waals surface area contributed by atoms with E-state index in [9.17, 15) is 17.3 Å². The third-order valence-electron chi connectivity index (χ3n) is 2.74. The second kappa shape index (κ2) is 7.78. The monoisotopic (exact) mass is 326 g/mol. The maximum absolute atomic E-state index is 13.4. The molecule has 0 aliphatic rings. The van der Waals surface area contributed by atoms with Crippen LogP contribution in [0.3, 0.4) is 0 Å². The van der Waals surface area contributed by atoms with Crippen LogP contribution in [0.25, 0.3) is 0 Å². The molecule has 0 fully saturated rings. The molecule has 0 aliphatic carbocycles. The molecule has 0 atom stereocenters. The Kier molecular flexibility index (Phi) is 6.92. The van der Waals surface area contributed by atoms with E-state index >= 15 is 0 Å². The average molecular weight is 326 g/mol. The molecule has 21 heavy (non-hydrogen) atoms. The average Bonchev–Trinajstić information content (AvgIpc) is 2.84. The number of aryl methyl sites for hydroxylation is 1. The van der Waals surface area contributed by atoms with Gasteiger partial charge in [0.1, 0.15) is 6.61 Å². The van der Waals surface area contributed by atoms with Crippen LogP contribution in [0.5, 0.6) is 5.75 Å². The number of ether oxygens (including phenoxy) is 1. The van der Waals surface area contributed by atoms with Crippen LogP contribution >= 0.6 is 0 Å². The Bertz CT molecular complexity index is 603. The first-order valence-corrected chi connectivity index (χ1v) is 6.03. The Hall–Kier alpha value is -0.349. The standard InChI is InChI=1S/C12H12BF4N2O.K/c1-2-19-7-9(6-18-19)8-20-12-5-10(13(15,16)17)3-4-11(12)14;/h3-7H,2,8H2,1H3;/q-1;+1. The SMILES string of the molecule is CCn1cc(COc2cc([B-](F)(F)F)ccc2F)cn1.[K+]. The van der Waals surface area contributed by atoms with Gasteiger partial charge in [-0.25, -0.2) is 4.39 Å². The van der Waals surface area contributed by atoms with E-state index in [1.54, 1.807) is 10.9 Å². The van der Waals surface area contributed by atoms with Crippen LogP contribution in [0.15, 0.2) is 30.6 Å². The minimum atomic E-state index is -5.17. The number of benzene rings is 1. The van der Waals surface area contributed by atoms with Crippen molar-refractivity contribution in [1.82, 2.24) is 9.78 Å². The van der Waals surface area contributed by atoms with Crippen molar-refractivity contribution in [1.29, 1.82) is 0 Å². The van der Waals surface area contributed by atoms with Gasteiger partial charge in [-0.1, -0.05) is 6.07 Å². The molecule has 0 radical (unpaired) electrons. The third-order valence-corrected chi connectivity index (χ3v) is 2.74. The maximum atomic E-state index is 13.4. The molecule has 0 spiro atoms. The van der Waals surface area contributed by atoms with Gasteiger partial charge >= 0.3 is 58.4 Å². The van der Waals surface area contributed by atoms with Gasteiger partial charge in [-0.3, -0.25) is 4.68 Å². The third kappa shape index (κ3) is 5.10. The summed E-state index contributed by atoms with van der Waals surface area (Å²) >= 11 is 0. The van der Waals surface area contributed by atoms with Gasteiger partial charge in [0.15, 0.2) is 11.6 Å². The van der Waals surface area contributed by atoms with E-state index in [1.807, 2.05) is 6.92 Å². The van der Waals surface area contributed by atoms with Gasteiger partial charge < -0.3 is 17.7 Å². The van der Waals surface area contributed by atoms with Gasteiger partial charge in [0.25, 0.3) is 0 Å². The van der Waals surface area contributed by atoms with Crippen molar-refractivity contribution in [3.8, 4) is 5.75 Å². The van der Waals surface area contributed by atoms with Gasteiger partial charge in [-0.05, 0) is 19.1 Å². The number of nitrogens with zero attached hydrogens (tertiary/aromatic N) is 2.